The van der Waals surface area contributed by atoms with Gasteiger partial charge in [0, 0.05) is 23.7 Å². The van der Waals surface area contributed by atoms with E-state index in [9.17, 15) is 0 Å². The van der Waals surface area contributed by atoms with Crippen LogP contribution in [0.3, 0.4) is 0 Å². The van der Waals surface area contributed by atoms with Gasteiger partial charge in [0.15, 0.2) is 5.13 Å². The van der Waals surface area contributed by atoms with Gasteiger partial charge in [-0.3, -0.25) is 0 Å². The Bertz CT molecular complexity index is 461. The van der Waals surface area contributed by atoms with Gasteiger partial charge in [-0.05, 0) is 14.1 Å². The van der Waals surface area contributed by atoms with Gasteiger partial charge in [0.2, 0.25) is 0 Å². The fourth-order valence-corrected chi connectivity index (χ4v) is 2.61. The number of nitrogens with zero attached hydrogens (tertiary/aromatic N) is 3. The van der Waals surface area contributed by atoms with E-state index in [-0.39, 0.29) is 0 Å². The van der Waals surface area contributed by atoms with Gasteiger partial charge in [0.05, 0.1) is 5.01 Å². The summed E-state index contributed by atoms with van der Waals surface area (Å²) in [6, 6.07) is 0. The van der Waals surface area contributed by atoms with E-state index < -0.39 is 0 Å². The van der Waals surface area contributed by atoms with Gasteiger partial charge in [-0.25, -0.2) is 9.97 Å². The normalized spacial score (nSPS) is 11.2. The molecule has 2 rings (SSSR count). The molecule has 86 valence electrons. The molecule has 0 saturated carbocycles. The summed E-state index contributed by atoms with van der Waals surface area (Å²) in [5.41, 5.74) is 7.42. The smallest absolute Gasteiger partial charge is 0.180 e. The van der Waals surface area contributed by atoms with Gasteiger partial charge in [-0.15, -0.1) is 22.7 Å². The molecule has 0 radical (unpaired) electrons. The van der Waals surface area contributed by atoms with E-state index in [1.165, 1.54) is 11.3 Å². The molecule has 2 aromatic rings. The zero-order valence-electron chi connectivity index (χ0n) is 9.30. The third-order valence-electron chi connectivity index (χ3n) is 2.11. The Morgan fingerprint density at radius 3 is 2.50 bits per heavy atom. The van der Waals surface area contributed by atoms with Gasteiger partial charge in [-0.2, -0.15) is 0 Å². The van der Waals surface area contributed by atoms with Crippen molar-refractivity contribution in [3.05, 3.63) is 15.8 Å². The van der Waals surface area contributed by atoms with E-state index in [4.69, 9.17) is 5.73 Å². The van der Waals surface area contributed by atoms with Crippen LogP contribution in [0, 0.1) is 0 Å². The van der Waals surface area contributed by atoms with E-state index in [2.05, 4.69) is 29.0 Å². The maximum Gasteiger partial charge on any atom is 0.180 e. The number of likely N-dealkylation sites (N-methyl/N-ethyl adjacent to an activating group) is 1. The van der Waals surface area contributed by atoms with Crippen LogP contribution in [0.15, 0.2) is 10.8 Å². The molecule has 2 N–H and O–H groups in total. The van der Waals surface area contributed by atoms with Crippen LogP contribution >= 0.6 is 22.7 Å². The van der Waals surface area contributed by atoms with Crippen molar-refractivity contribution in [1.29, 1.82) is 0 Å². The van der Waals surface area contributed by atoms with Gasteiger partial charge in [0.1, 0.15) is 11.4 Å². The van der Waals surface area contributed by atoms with Crippen LogP contribution in [0.4, 0.5) is 5.13 Å². The number of nitrogen functional groups attached to an aromatic ring is 1. The van der Waals surface area contributed by atoms with Crippen molar-refractivity contribution in [2.45, 2.75) is 6.42 Å². The molecule has 2 heterocycles. The first-order valence-corrected chi connectivity index (χ1v) is 6.71. The van der Waals surface area contributed by atoms with Gasteiger partial charge >= 0.3 is 0 Å². The molecule has 0 spiro atoms. The summed E-state index contributed by atoms with van der Waals surface area (Å²) in [4.78, 5) is 10.9. The van der Waals surface area contributed by atoms with E-state index >= 15 is 0 Å². The van der Waals surface area contributed by atoms with Crippen molar-refractivity contribution in [3.63, 3.8) is 0 Å². The van der Waals surface area contributed by atoms with Crippen molar-refractivity contribution in [2.24, 2.45) is 0 Å². The molecule has 0 unspecified atom stereocenters. The summed E-state index contributed by atoms with van der Waals surface area (Å²) >= 11 is 3.13. The molecule has 0 saturated heterocycles. The van der Waals surface area contributed by atoms with Crippen molar-refractivity contribution in [3.8, 4) is 11.4 Å². The minimum absolute atomic E-state index is 0.595. The van der Waals surface area contributed by atoms with Crippen LogP contribution in [0.25, 0.3) is 11.4 Å². The third kappa shape index (κ3) is 2.78. The number of thiazole rings is 2. The number of hydrogen-bond acceptors (Lipinski definition) is 6. The first-order chi connectivity index (χ1) is 7.65. The van der Waals surface area contributed by atoms with E-state index in [1.807, 2.05) is 10.8 Å². The van der Waals surface area contributed by atoms with Crippen LogP contribution in [-0.4, -0.2) is 35.5 Å². The molecule has 6 heteroatoms. The van der Waals surface area contributed by atoms with Crippen molar-refractivity contribution in [2.75, 3.05) is 26.4 Å². The maximum atomic E-state index is 5.60. The molecule has 4 nitrogen and oxygen atoms in total. The van der Waals surface area contributed by atoms with Crippen LogP contribution in [-0.2, 0) is 6.42 Å². The Labute approximate surface area is 103 Å². The molecule has 0 fully saturated rings. The molecule has 0 aliphatic carbocycles. The predicted octanol–water partition coefficient (Wildman–Crippen LogP) is 1.95. The lowest BCUT2D eigenvalue weighted by Gasteiger charge is -2.06. The van der Waals surface area contributed by atoms with Crippen molar-refractivity contribution >= 4 is 27.8 Å². The highest BCUT2D eigenvalue weighted by Crippen LogP contribution is 2.24. The Morgan fingerprint density at radius 1 is 1.19 bits per heavy atom. The second kappa shape index (κ2) is 4.90. The highest BCUT2D eigenvalue weighted by molar-refractivity contribution is 7.14. The second-order valence-corrected chi connectivity index (χ2v) is 5.58. The molecule has 2 aromatic heterocycles. The zero-order chi connectivity index (χ0) is 11.5. The number of nitrogens with two attached hydrogens (primary N) is 1. The van der Waals surface area contributed by atoms with Crippen LogP contribution < -0.4 is 5.73 Å². The van der Waals surface area contributed by atoms with Gasteiger partial charge in [0.25, 0.3) is 0 Å². The molecule has 0 atom stereocenters. The van der Waals surface area contributed by atoms with E-state index in [0.717, 1.165) is 29.4 Å². The van der Waals surface area contributed by atoms with Crippen LogP contribution in [0.5, 0.6) is 0 Å². The number of aromatic nitrogens is 2. The maximum absolute atomic E-state index is 5.60. The molecule has 16 heavy (non-hydrogen) atoms. The van der Waals surface area contributed by atoms with Crippen molar-refractivity contribution in [1.82, 2.24) is 14.9 Å². The lowest BCUT2D eigenvalue weighted by Crippen LogP contribution is -2.14. The topological polar surface area (TPSA) is 55.0 Å². The Hall–Kier alpha value is -0.980. The Morgan fingerprint density at radius 2 is 1.88 bits per heavy atom. The summed E-state index contributed by atoms with van der Waals surface area (Å²) in [6.45, 7) is 1.02. The average molecular weight is 254 g/mol. The molecular formula is C10H14N4S2. The summed E-state index contributed by atoms with van der Waals surface area (Å²) in [6.07, 6.45) is 0.983. The predicted molar refractivity (Wildman–Crippen MR) is 69.9 cm³/mol. The van der Waals surface area contributed by atoms with E-state index in [1.54, 1.807) is 11.3 Å². The number of rotatable bonds is 4. The van der Waals surface area contributed by atoms with Crippen LogP contribution in [0.1, 0.15) is 5.01 Å². The summed E-state index contributed by atoms with van der Waals surface area (Å²) in [5, 5.41) is 5.73. The van der Waals surface area contributed by atoms with Gasteiger partial charge < -0.3 is 10.6 Å². The molecule has 0 aromatic carbocycles. The monoisotopic (exact) mass is 254 g/mol. The summed E-state index contributed by atoms with van der Waals surface area (Å²) in [5.74, 6) is 0. The standard InChI is InChI=1S/C10H14N4S2/c1-14(2)4-3-9-12-7(5-15-9)8-6-16-10(11)13-8/h5-6H,3-4H2,1-2H3,(H2,11,13). The first kappa shape index (κ1) is 11.5. The fourth-order valence-electron chi connectivity index (χ4n) is 1.27. The SMILES string of the molecule is CN(C)CCc1nc(-c2csc(N)n2)cs1. The highest BCUT2D eigenvalue weighted by Gasteiger charge is 2.07. The number of anilines is 1. The molecule has 0 bridgehead atoms. The fraction of sp³-hybridized carbons (Fsp3) is 0.400. The lowest BCUT2D eigenvalue weighted by atomic mass is 10.4. The largest absolute Gasteiger partial charge is 0.375 e. The number of hydrogen-bond donors (Lipinski definition) is 1. The Kier molecular flexibility index (Phi) is 3.52. The minimum atomic E-state index is 0.595. The molecule has 0 aliphatic rings. The third-order valence-corrected chi connectivity index (χ3v) is 3.69. The van der Waals surface area contributed by atoms with Crippen LogP contribution in [0.2, 0.25) is 0 Å². The van der Waals surface area contributed by atoms with Gasteiger partial charge in [-0.1, -0.05) is 0 Å². The quantitative estimate of drug-likeness (QED) is 0.906. The molecule has 0 amide bonds. The zero-order valence-corrected chi connectivity index (χ0v) is 10.9. The lowest BCUT2D eigenvalue weighted by molar-refractivity contribution is 0.413. The highest BCUT2D eigenvalue weighted by atomic mass is 32.1. The molecule has 0 aliphatic heterocycles. The average Bonchev–Trinajstić information content (AvgIpc) is 2.83. The van der Waals surface area contributed by atoms with Crippen molar-refractivity contribution < 1.29 is 0 Å². The second-order valence-electron chi connectivity index (χ2n) is 3.75. The Balaban J connectivity index is 2.07. The van der Waals surface area contributed by atoms with E-state index in [0.29, 0.717) is 5.13 Å². The first-order valence-electron chi connectivity index (χ1n) is 4.95. The molecular weight excluding hydrogens is 240 g/mol. The summed E-state index contributed by atoms with van der Waals surface area (Å²) in [7, 11) is 4.13. The summed E-state index contributed by atoms with van der Waals surface area (Å²) < 4.78 is 0. The minimum Gasteiger partial charge on any atom is -0.375 e.